The van der Waals surface area contributed by atoms with Crippen molar-refractivity contribution in [3.8, 4) is 23.0 Å². The van der Waals surface area contributed by atoms with Crippen molar-refractivity contribution in [2.75, 3.05) is 41.5 Å². The number of fused-ring (bicyclic) bond motifs is 2. The van der Waals surface area contributed by atoms with Gasteiger partial charge in [0.2, 0.25) is 0 Å². The van der Waals surface area contributed by atoms with Gasteiger partial charge < -0.3 is 29.6 Å². The Morgan fingerprint density at radius 3 is 1.31 bits per heavy atom. The molecule has 0 spiro atoms. The second-order valence-electron chi connectivity index (χ2n) is 10.0. The molecule has 2 aromatic rings. The molecule has 2 atom stereocenters. The van der Waals surface area contributed by atoms with Gasteiger partial charge in [0.25, 0.3) is 0 Å². The minimum absolute atomic E-state index is 0.418. The largest absolute Gasteiger partial charge is 0.493 e. The van der Waals surface area contributed by atoms with Crippen molar-refractivity contribution in [1.82, 2.24) is 10.6 Å². The normalized spacial score (nSPS) is 18.8. The van der Waals surface area contributed by atoms with Crippen molar-refractivity contribution < 1.29 is 18.9 Å². The van der Waals surface area contributed by atoms with Crippen LogP contribution >= 0.6 is 0 Å². The van der Waals surface area contributed by atoms with Crippen molar-refractivity contribution >= 4 is 0 Å². The zero-order valence-electron chi connectivity index (χ0n) is 22.6. The van der Waals surface area contributed by atoms with E-state index in [2.05, 4.69) is 34.9 Å². The molecule has 2 aliphatic heterocycles. The molecule has 0 aliphatic carbocycles. The highest BCUT2D eigenvalue weighted by Crippen LogP contribution is 2.38. The monoisotopic (exact) mass is 496 g/mol. The lowest BCUT2D eigenvalue weighted by atomic mass is 9.90. The van der Waals surface area contributed by atoms with Crippen LogP contribution in [0.3, 0.4) is 0 Å². The quantitative estimate of drug-likeness (QED) is 0.336. The van der Waals surface area contributed by atoms with E-state index >= 15 is 0 Å². The van der Waals surface area contributed by atoms with Crippen molar-refractivity contribution in [1.29, 1.82) is 0 Å². The van der Waals surface area contributed by atoms with Crippen LogP contribution in [0.15, 0.2) is 24.3 Å². The van der Waals surface area contributed by atoms with Gasteiger partial charge in [-0.3, -0.25) is 0 Å². The summed E-state index contributed by atoms with van der Waals surface area (Å²) in [5.41, 5.74) is 5.55. The standard InChI is InChI=1S/C30H44N2O4/c1-33-27-17-21-13-15-31-25(23(21)19-29(27)35-3)11-9-7-5-6-8-10-12-26-24-20-30(36-4)28(34-2)18-22(24)14-16-32-26/h17-20,25-26,31-32H,5-16H2,1-4H3. The van der Waals surface area contributed by atoms with Crippen LogP contribution in [0, 0.1) is 0 Å². The van der Waals surface area contributed by atoms with Crippen LogP contribution in [0.1, 0.15) is 85.7 Å². The number of ether oxygens (including phenoxy) is 4. The maximum absolute atomic E-state index is 5.55. The summed E-state index contributed by atoms with van der Waals surface area (Å²) in [6.07, 6.45) is 12.2. The maximum Gasteiger partial charge on any atom is 0.161 e. The molecule has 0 saturated carbocycles. The van der Waals surface area contributed by atoms with Crippen LogP contribution in [-0.4, -0.2) is 41.5 Å². The Morgan fingerprint density at radius 1 is 0.556 bits per heavy atom. The van der Waals surface area contributed by atoms with E-state index in [0.29, 0.717) is 12.1 Å². The minimum atomic E-state index is 0.418. The molecule has 0 amide bonds. The van der Waals surface area contributed by atoms with Gasteiger partial charge in [-0.2, -0.15) is 0 Å². The van der Waals surface area contributed by atoms with Gasteiger partial charge in [-0.25, -0.2) is 0 Å². The Kier molecular flexibility index (Phi) is 9.76. The summed E-state index contributed by atoms with van der Waals surface area (Å²) in [5, 5.41) is 7.43. The second kappa shape index (κ2) is 13.2. The van der Waals surface area contributed by atoms with Gasteiger partial charge in [-0.15, -0.1) is 0 Å². The molecular weight excluding hydrogens is 452 g/mol. The molecule has 198 valence electrons. The Morgan fingerprint density at radius 2 is 0.917 bits per heavy atom. The average Bonchev–Trinajstić information content (AvgIpc) is 2.92. The summed E-state index contributed by atoms with van der Waals surface area (Å²) in [4.78, 5) is 0. The third kappa shape index (κ3) is 6.27. The van der Waals surface area contributed by atoms with Gasteiger partial charge in [0.05, 0.1) is 28.4 Å². The fourth-order valence-corrected chi connectivity index (χ4v) is 5.86. The van der Waals surface area contributed by atoms with Crippen LogP contribution in [0.25, 0.3) is 0 Å². The third-order valence-electron chi connectivity index (χ3n) is 7.85. The first kappa shape index (κ1) is 26.6. The van der Waals surface area contributed by atoms with Crippen LogP contribution < -0.4 is 29.6 Å². The molecule has 2 unspecified atom stereocenters. The molecule has 6 heteroatoms. The lowest BCUT2D eigenvalue weighted by molar-refractivity contribution is 0.351. The van der Waals surface area contributed by atoms with Crippen molar-refractivity contribution in [2.45, 2.75) is 76.3 Å². The fourth-order valence-electron chi connectivity index (χ4n) is 5.86. The molecule has 2 aliphatic rings. The van der Waals surface area contributed by atoms with E-state index in [1.54, 1.807) is 28.4 Å². The molecular formula is C30H44N2O4. The molecule has 6 nitrogen and oxygen atoms in total. The predicted octanol–water partition coefficient (Wildman–Crippen LogP) is 5.92. The van der Waals surface area contributed by atoms with E-state index in [9.17, 15) is 0 Å². The Bertz CT molecular complexity index is 914. The van der Waals surface area contributed by atoms with E-state index in [4.69, 9.17) is 18.9 Å². The van der Waals surface area contributed by atoms with Gasteiger partial charge >= 0.3 is 0 Å². The lowest BCUT2D eigenvalue weighted by Crippen LogP contribution is -2.30. The molecule has 4 rings (SSSR count). The highest BCUT2D eigenvalue weighted by molar-refractivity contribution is 5.50. The van der Waals surface area contributed by atoms with Crippen LogP contribution in [-0.2, 0) is 12.8 Å². The first-order valence-corrected chi connectivity index (χ1v) is 13.6. The molecule has 2 N–H and O–H groups in total. The number of methoxy groups -OCH3 is 4. The van der Waals surface area contributed by atoms with Crippen LogP contribution in [0.4, 0.5) is 0 Å². The maximum atomic E-state index is 5.55. The minimum Gasteiger partial charge on any atom is -0.493 e. The van der Waals surface area contributed by atoms with Gasteiger partial charge in [-0.1, -0.05) is 38.5 Å². The SMILES string of the molecule is COc1cc2c(cc1OC)C(CCCCCCCCC1NCCc3cc(OC)c(OC)cc31)NCC2. The van der Waals surface area contributed by atoms with E-state index in [1.807, 2.05) is 0 Å². The van der Waals surface area contributed by atoms with E-state index in [-0.39, 0.29) is 0 Å². The Hall–Kier alpha value is -2.44. The number of hydrogen-bond acceptors (Lipinski definition) is 6. The van der Waals surface area contributed by atoms with Crippen molar-refractivity contribution in [3.63, 3.8) is 0 Å². The molecule has 2 heterocycles. The summed E-state index contributed by atoms with van der Waals surface area (Å²) in [5.74, 6) is 3.33. The van der Waals surface area contributed by atoms with Gasteiger partial charge in [0, 0.05) is 12.1 Å². The summed E-state index contributed by atoms with van der Waals surface area (Å²) >= 11 is 0. The topological polar surface area (TPSA) is 61.0 Å². The molecule has 0 saturated heterocycles. The molecule has 36 heavy (non-hydrogen) atoms. The number of rotatable bonds is 13. The van der Waals surface area contributed by atoms with Gasteiger partial charge in [0.15, 0.2) is 23.0 Å². The third-order valence-corrected chi connectivity index (χ3v) is 7.85. The first-order chi connectivity index (χ1) is 17.7. The average molecular weight is 497 g/mol. The number of nitrogens with one attached hydrogen (secondary N) is 2. The van der Waals surface area contributed by atoms with Gasteiger partial charge in [0.1, 0.15) is 0 Å². The van der Waals surface area contributed by atoms with E-state index in [0.717, 1.165) is 48.9 Å². The first-order valence-electron chi connectivity index (χ1n) is 13.6. The predicted molar refractivity (Wildman–Crippen MR) is 145 cm³/mol. The lowest BCUT2D eigenvalue weighted by Gasteiger charge is -2.28. The van der Waals surface area contributed by atoms with Gasteiger partial charge in [-0.05, 0) is 85.3 Å². The zero-order chi connectivity index (χ0) is 25.3. The zero-order valence-corrected chi connectivity index (χ0v) is 22.6. The number of unbranched alkanes of at least 4 members (excludes halogenated alkanes) is 5. The highest BCUT2D eigenvalue weighted by atomic mass is 16.5. The number of hydrogen-bond donors (Lipinski definition) is 2. The van der Waals surface area contributed by atoms with E-state index in [1.165, 1.54) is 73.6 Å². The molecule has 0 aromatic heterocycles. The van der Waals surface area contributed by atoms with Crippen molar-refractivity contribution in [3.05, 3.63) is 46.5 Å². The number of benzene rings is 2. The van der Waals surface area contributed by atoms with Crippen LogP contribution in [0.5, 0.6) is 23.0 Å². The Labute approximate surface area is 217 Å². The smallest absolute Gasteiger partial charge is 0.161 e. The summed E-state index contributed by atoms with van der Waals surface area (Å²) in [7, 11) is 6.85. The Balaban J connectivity index is 1.17. The molecule has 0 bridgehead atoms. The fraction of sp³-hybridized carbons (Fsp3) is 0.600. The summed E-state index contributed by atoms with van der Waals surface area (Å²) < 4.78 is 22.1. The molecule has 2 aromatic carbocycles. The summed E-state index contributed by atoms with van der Waals surface area (Å²) in [6, 6.07) is 9.51. The molecule has 0 fully saturated rings. The highest BCUT2D eigenvalue weighted by Gasteiger charge is 2.23. The van der Waals surface area contributed by atoms with Crippen molar-refractivity contribution in [2.24, 2.45) is 0 Å². The second-order valence-corrected chi connectivity index (χ2v) is 10.0. The molecule has 0 radical (unpaired) electrons. The summed E-state index contributed by atoms with van der Waals surface area (Å²) in [6.45, 7) is 2.06. The van der Waals surface area contributed by atoms with E-state index < -0.39 is 0 Å². The van der Waals surface area contributed by atoms with Crippen LogP contribution in [0.2, 0.25) is 0 Å².